The highest BCUT2D eigenvalue weighted by molar-refractivity contribution is 5.96. The number of hydrogen-bond donors (Lipinski definition) is 1. The Morgan fingerprint density at radius 1 is 1.33 bits per heavy atom. The number of hydrogen-bond acceptors (Lipinski definition) is 6. The largest absolute Gasteiger partial charge is 0.464 e. The quantitative estimate of drug-likeness (QED) is 0.702. The van der Waals surface area contributed by atoms with Gasteiger partial charge in [0, 0.05) is 6.20 Å². The van der Waals surface area contributed by atoms with Crippen LogP contribution in [0.3, 0.4) is 0 Å². The second kappa shape index (κ2) is 6.49. The van der Waals surface area contributed by atoms with Crippen LogP contribution in [0.1, 0.15) is 21.6 Å². The number of nitrogens with two attached hydrogens (primary N) is 1. The third kappa shape index (κ3) is 3.08. The number of halogens is 3. The van der Waals surface area contributed by atoms with Crippen molar-refractivity contribution in [1.82, 2.24) is 19.3 Å². The van der Waals surface area contributed by atoms with E-state index in [4.69, 9.17) is 5.73 Å². The lowest BCUT2D eigenvalue weighted by atomic mass is 10.1. The van der Waals surface area contributed by atoms with Crippen molar-refractivity contribution >= 4 is 11.7 Å². The molecule has 8 nitrogen and oxygen atoms in total. The molecular formula is C16H11F3N6O2. The fraction of sp³-hybridized carbons (Fsp3) is 0.125. The van der Waals surface area contributed by atoms with E-state index in [-0.39, 0.29) is 28.3 Å². The van der Waals surface area contributed by atoms with Gasteiger partial charge in [0.1, 0.15) is 18.7 Å². The molecule has 0 aliphatic carbocycles. The molecule has 0 spiro atoms. The minimum atomic E-state index is -4.63. The van der Waals surface area contributed by atoms with E-state index >= 15 is 0 Å². The topological polar surface area (TPSA) is 112 Å². The van der Waals surface area contributed by atoms with E-state index in [1.807, 2.05) is 0 Å². The highest BCUT2D eigenvalue weighted by atomic mass is 19.4. The molecule has 0 saturated carbocycles. The summed E-state index contributed by atoms with van der Waals surface area (Å²) in [5, 5.41) is 13.1. The van der Waals surface area contributed by atoms with Gasteiger partial charge in [0.25, 0.3) is 0 Å². The van der Waals surface area contributed by atoms with Gasteiger partial charge in [-0.1, -0.05) is 0 Å². The fourth-order valence-electron chi connectivity index (χ4n) is 2.52. The van der Waals surface area contributed by atoms with Crippen LogP contribution in [0.25, 0.3) is 11.4 Å². The van der Waals surface area contributed by atoms with Gasteiger partial charge < -0.3 is 15.0 Å². The van der Waals surface area contributed by atoms with E-state index in [2.05, 4.69) is 14.8 Å². The van der Waals surface area contributed by atoms with E-state index < -0.39 is 17.7 Å². The first-order chi connectivity index (χ1) is 12.8. The van der Waals surface area contributed by atoms with Crippen LogP contribution in [0.2, 0.25) is 0 Å². The number of ether oxygens (including phenoxy) is 1. The molecule has 0 amide bonds. The molecule has 11 heteroatoms. The van der Waals surface area contributed by atoms with Crippen LogP contribution < -0.4 is 5.73 Å². The number of alkyl halides is 3. The van der Waals surface area contributed by atoms with E-state index in [0.29, 0.717) is 0 Å². The summed E-state index contributed by atoms with van der Waals surface area (Å²) >= 11 is 0. The van der Waals surface area contributed by atoms with Gasteiger partial charge in [-0.25, -0.2) is 14.5 Å². The van der Waals surface area contributed by atoms with Crippen LogP contribution in [0, 0.1) is 11.3 Å². The molecule has 3 aromatic rings. The highest BCUT2D eigenvalue weighted by Crippen LogP contribution is 2.34. The maximum Gasteiger partial charge on any atom is 0.416 e. The minimum absolute atomic E-state index is 0.0797. The molecular weight excluding hydrogens is 365 g/mol. The standard InChI is InChI=1S/C16H11F3N6O2/c1-27-15(26)14-13(21)9(5-20)6-24(14)12-4-10(16(17,18)19)2-3-11(12)25-8-22-7-23-25/h2-4,6-8H,21H2,1H3. The van der Waals surface area contributed by atoms with Crippen LogP contribution in [0.4, 0.5) is 18.9 Å². The first-order valence-electron chi connectivity index (χ1n) is 7.33. The van der Waals surface area contributed by atoms with Crippen LogP contribution in [-0.4, -0.2) is 32.4 Å². The lowest BCUT2D eigenvalue weighted by Crippen LogP contribution is -2.14. The summed E-state index contributed by atoms with van der Waals surface area (Å²) < 4.78 is 46.6. The van der Waals surface area contributed by atoms with Crippen molar-refractivity contribution < 1.29 is 22.7 Å². The summed E-state index contributed by atoms with van der Waals surface area (Å²) in [7, 11) is 1.09. The molecule has 138 valence electrons. The number of aromatic nitrogens is 4. The monoisotopic (exact) mass is 376 g/mol. The number of nitrogens with zero attached hydrogens (tertiary/aromatic N) is 5. The SMILES string of the molecule is COC(=O)c1c(N)c(C#N)cn1-c1cc(C(F)(F)F)ccc1-n1cncn1. The molecule has 0 atom stereocenters. The predicted octanol–water partition coefficient (Wildman–Crippen LogP) is 2.32. The zero-order valence-electron chi connectivity index (χ0n) is 13.7. The van der Waals surface area contributed by atoms with Gasteiger partial charge in [-0.2, -0.15) is 23.5 Å². The Bertz CT molecular complexity index is 1050. The lowest BCUT2D eigenvalue weighted by molar-refractivity contribution is -0.137. The van der Waals surface area contributed by atoms with E-state index in [9.17, 15) is 23.2 Å². The number of anilines is 1. The number of nitriles is 1. The number of nitrogen functional groups attached to an aromatic ring is 1. The number of methoxy groups -OCH3 is 1. The molecule has 3 rings (SSSR count). The summed E-state index contributed by atoms with van der Waals surface area (Å²) in [4.78, 5) is 15.9. The smallest absolute Gasteiger partial charge is 0.416 e. The summed E-state index contributed by atoms with van der Waals surface area (Å²) in [6, 6.07) is 4.66. The Labute approximate surface area is 150 Å². The first kappa shape index (κ1) is 18.0. The Morgan fingerprint density at radius 3 is 2.63 bits per heavy atom. The number of carbonyl (C=O) groups is 1. The normalized spacial score (nSPS) is 11.2. The van der Waals surface area contributed by atoms with Crippen molar-refractivity contribution in [2.45, 2.75) is 6.18 Å². The Kier molecular flexibility index (Phi) is 4.32. The van der Waals surface area contributed by atoms with Crippen LogP contribution in [0.5, 0.6) is 0 Å². The van der Waals surface area contributed by atoms with Crippen LogP contribution in [-0.2, 0) is 10.9 Å². The van der Waals surface area contributed by atoms with E-state index in [0.717, 1.165) is 30.0 Å². The molecule has 0 unspecified atom stereocenters. The van der Waals surface area contributed by atoms with Crippen molar-refractivity contribution in [2.24, 2.45) is 0 Å². The predicted molar refractivity (Wildman–Crippen MR) is 86.2 cm³/mol. The van der Waals surface area contributed by atoms with Crippen molar-refractivity contribution in [3.63, 3.8) is 0 Å². The molecule has 0 saturated heterocycles. The van der Waals surface area contributed by atoms with Crippen molar-refractivity contribution in [2.75, 3.05) is 12.8 Å². The van der Waals surface area contributed by atoms with Gasteiger partial charge in [0.2, 0.25) is 0 Å². The second-order valence-corrected chi connectivity index (χ2v) is 5.32. The van der Waals surface area contributed by atoms with E-state index in [1.165, 1.54) is 23.4 Å². The second-order valence-electron chi connectivity index (χ2n) is 5.32. The number of carbonyl (C=O) groups excluding carboxylic acids is 1. The number of benzene rings is 1. The van der Waals surface area contributed by atoms with Crippen molar-refractivity contribution in [3.8, 4) is 17.4 Å². The van der Waals surface area contributed by atoms with Gasteiger partial charge in [0.05, 0.1) is 35.3 Å². The Balaban J connectivity index is 2.36. The molecule has 0 aliphatic rings. The van der Waals surface area contributed by atoms with Gasteiger partial charge in [-0.15, -0.1) is 0 Å². The van der Waals surface area contributed by atoms with Crippen LogP contribution >= 0.6 is 0 Å². The third-order valence-electron chi connectivity index (χ3n) is 3.77. The summed E-state index contributed by atoms with van der Waals surface area (Å²) in [5.41, 5.74) is 4.41. The molecule has 0 fully saturated rings. The van der Waals surface area contributed by atoms with Gasteiger partial charge in [0.15, 0.2) is 5.69 Å². The molecule has 2 heterocycles. The molecule has 2 aromatic heterocycles. The zero-order chi connectivity index (χ0) is 19.8. The minimum Gasteiger partial charge on any atom is -0.464 e. The van der Waals surface area contributed by atoms with E-state index in [1.54, 1.807) is 6.07 Å². The third-order valence-corrected chi connectivity index (χ3v) is 3.77. The molecule has 1 aromatic carbocycles. The molecule has 0 radical (unpaired) electrons. The molecule has 0 aliphatic heterocycles. The average molecular weight is 376 g/mol. The van der Waals surface area contributed by atoms with Crippen molar-refractivity contribution in [3.05, 3.63) is 53.9 Å². The van der Waals surface area contributed by atoms with Gasteiger partial charge >= 0.3 is 12.1 Å². The summed E-state index contributed by atoms with van der Waals surface area (Å²) in [6.45, 7) is 0. The maximum atomic E-state index is 13.2. The van der Waals surface area contributed by atoms with Crippen LogP contribution in [0.15, 0.2) is 37.1 Å². The zero-order valence-corrected chi connectivity index (χ0v) is 13.7. The first-order valence-corrected chi connectivity index (χ1v) is 7.33. The maximum absolute atomic E-state index is 13.2. The Hall–Kier alpha value is -3.81. The molecule has 27 heavy (non-hydrogen) atoms. The summed E-state index contributed by atoms with van der Waals surface area (Å²) in [5.74, 6) is -0.907. The van der Waals surface area contributed by atoms with Crippen molar-refractivity contribution in [1.29, 1.82) is 5.26 Å². The fourth-order valence-corrected chi connectivity index (χ4v) is 2.52. The number of esters is 1. The van der Waals surface area contributed by atoms with Gasteiger partial charge in [-0.05, 0) is 18.2 Å². The highest BCUT2D eigenvalue weighted by Gasteiger charge is 2.32. The van der Waals surface area contributed by atoms with Gasteiger partial charge in [-0.3, -0.25) is 0 Å². The molecule has 0 bridgehead atoms. The summed E-state index contributed by atoms with van der Waals surface area (Å²) in [6.07, 6.45) is -0.981. The average Bonchev–Trinajstić information content (AvgIpc) is 3.27. The number of rotatable bonds is 3. The lowest BCUT2D eigenvalue weighted by Gasteiger charge is -2.16. The Morgan fingerprint density at radius 2 is 2.07 bits per heavy atom. The molecule has 2 N–H and O–H groups in total.